The third kappa shape index (κ3) is 3.89. The molecule has 1 aromatic heterocycles. The Bertz CT molecular complexity index is 614. The Morgan fingerprint density at radius 3 is 2.86 bits per heavy atom. The van der Waals surface area contributed by atoms with Crippen molar-refractivity contribution >= 4 is 23.4 Å². The lowest BCUT2D eigenvalue weighted by Crippen LogP contribution is -2.34. The van der Waals surface area contributed by atoms with Gasteiger partial charge in [-0.25, -0.2) is 4.98 Å². The standard InChI is InChI=1S/C17H21ClN4/c1-13-3-2-10-22(12-13)16-8-9-19-17(21-16)20-11-14-4-6-15(18)7-5-14/h4-9,13H,2-3,10-12H2,1H3,(H,19,20,21). The van der Waals surface area contributed by atoms with Gasteiger partial charge < -0.3 is 10.2 Å². The van der Waals surface area contributed by atoms with Crippen LogP contribution in [0.1, 0.15) is 25.3 Å². The Morgan fingerprint density at radius 1 is 1.27 bits per heavy atom. The van der Waals surface area contributed by atoms with Gasteiger partial charge in [-0.3, -0.25) is 0 Å². The predicted octanol–water partition coefficient (Wildman–Crippen LogP) is 3.98. The van der Waals surface area contributed by atoms with Crippen LogP contribution in [0.25, 0.3) is 0 Å². The van der Waals surface area contributed by atoms with Crippen LogP contribution in [0.15, 0.2) is 36.5 Å². The van der Waals surface area contributed by atoms with Crippen molar-refractivity contribution in [3.63, 3.8) is 0 Å². The van der Waals surface area contributed by atoms with Crippen LogP contribution in [0.3, 0.4) is 0 Å². The molecule has 1 unspecified atom stereocenters. The second kappa shape index (κ2) is 6.97. The van der Waals surface area contributed by atoms with Crippen LogP contribution in [0.5, 0.6) is 0 Å². The summed E-state index contributed by atoms with van der Waals surface area (Å²) < 4.78 is 0. The van der Waals surface area contributed by atoms with E-state index in [9.17, 15) is 0 Å². The normalized spacial score (nSPS) is 18.3. The largest absolute Gasteiger partial charge is 0.356 e. The number of anilines is 2. The molecule has 5 heteroatoms. The number of piperidine rings is 1. The number of hydrogen-bond acceptors (Lipinski definition) is 4. The Morgan fingerprint density at radius 2 is 2.09 bits per heavy atom. The van der Waals surface area contributed by atoms with Crippen LogP contribution in [0.2, 0.25) is 5.02 Å². The first kappa shape index (κ1) is 15.1. The summed E-state index contributed by atoms with van der Waals surface area (Å²) >= 11 is 5.90. The molecule has 1 saturated heterocycles. The van der Waals surface area contributed by atoms with E-state index < -0.39 is 0 Å². The van der Waals surface area contributed by atoms with E-state index in [1.165, 1.54) is 12.8 Å². The Labute approximate surface area is 136 Å². The smallest absolute Gasteiger partial charge is 0.224 e. The van der Waals surface area contributed by atoms with Gasteiger partial charge in [0, 0.05) is 30.9 Å². The van der Waals surface area contributed by atoms with Crippen LogP contribution in [0.4, 0.5) is 11.8 Å². The van der Waals surface area contributed by atoms with Gasteiger partial charge in [0.1, 0.15) is 5.82 Å². The van der Waals surface area contributed by atoms with Crippen molar-refractivity contribution < 1.29 is 0 Å². The highest BCUT2D eigenvalue weighted by Crippen LogP contribution is 2.21. The van der Waals surface area contributed by atoms with E-state index >= 15 is 0 Å². The average Bonchev–Trinajstić information content (AvgIpc) is 2.55. The van der Waals surface area contributed by atoms with E-state index in [0.29, 0.717) is 12.5 Å². The lowest BCUT2D eigenvalue weighted by molar-refractivity contribution is 0.444. The van der Waals surface area contributed by atoms with E-state index in [4.69, 9.17) is 11.6 Å². The molecular formula is C17H21ClN4. The molecule has 2 aromatic rings. The zero-order valence-electron chi connectivity index (χ0n) is 12.8. The van der Waals surface area contributed by atoms with Gasteiger partial charge >= 0.3 is 0 Å². The van der Waals surface area contributed by atoms with Crippen LogP contribution in [-0.2, 0) is 6.54 Å². The number of benzene rings is 1. The first-order valence-electron chi connectivity index (χ1n) is 7.77. The topological polar surface area (TPSA) is 41.1 Å². The fourth-order valence-electron chi connectivity index (χ4n) is 2.79. The van der Waals surface area contributed by atoms with E-state index in [2.05, 4.69) is 27.1 Å². The molecule has 0 aliphatic carbocycles. The van der Waals surface area contributed by atoms with Crippen molar-refractivity contribution in [3.05, 3.63) is 47.1 Å². The summed E-state index contributed by atoms with van der Waals surface area (Å²) in [6.07, 6.45) is 4.37. The van der Waals surface area contributed by atoms with Gasteiger partial charge in [-0.05, 0) is 42.5 Å². The molecule has 0 saturated carbocycles. The zero-order chi connectivity index (χ0) is 15.4. The SMILES string of the molecule is CC1CCCN(c2ccnc(NCc3ccc(Cl)cc3)n2)C1. The number of aromatic nitrogens is 2. The number of rotatable bonds is 4. The highest BCUT2D eigenvalue weighted by Gasteiger charge is 2.17. The molecule has 1 aromatic carbocycles. The third-order valence-electron chi connectivity index (χ3n) is 3.99. The molecular weight excluding hydrogens is 296 g/mol. The highest BCUT2D eigenvalue weighted by atomic mass is 35.5. The van der Waals surface area contributed by atoms with Crippen LogP contribution in [-0.4, -0.2) is 23.1 Å². The second-order valence-electron chi connectivity index (χ2n) is 5.91. The van der Waals surface area contributed by atoms with Crippen molar-refractivity contribution in [2.45, 2.75) is 26.3 Å². The molecule has 1 fully saturated rings. The predicted molar refractivity (Wildman–Crippen MR) is 91.4 cm³/mol. The fraction of sp³-hybridized carbons (Fsp3) is 0.412. The Kier molecular flexibility index (Phi) is 4.78. The molecule has 0 amide bonds. The summed E-state index contributed by atoms with van der Waals surface area (Å²) in [5.74, 6) is 2.42. The van der Waals surface area contributed by atoms with Crippen molar-refractivity contribution in [1.82, 2.24) is 9.97 Å². The monoisotopic (exact) mass is 316 g/mol. The summed E-state index contributed by atoms with van der Waals surface area (Å²) in [6, 6.07) is 9.79. The van der Waals surface area contributed by atoms with Gasteiger partial charge in [-0.2, -0.15) is 4.98 Å². The molecule has 1 aliphatic rings. The molecule has 3 rings (SSSR count). The Balaban J connectivity index is 1.64. The van der Waals surface area contributed by atoms with Gasteiger partial charge in [-0.1, -0.05) is 30.7 Å². The van der Waals surface area contributed by atoms with Crippen LogP contribution in [0, 0.1) is 5.92 Å². The molecule has 116 valence electrons. The molecule has 0 radical (unpaired) electrons. The van der Waals surface area contributed by atoms with Crippen molar-refractivity contribution in [3.8, 4) is 0 Å². The van der Waals surface area contributed by atoms with Gasteiger partial charge in [-0.15, -0.1) is 0 Å². The number of hydrogen-bond donors (Lipinski definition) is 1. The lowest BCUT2D eigenvalue weighted by atomic mass is 10.0. The van der Waals surface area contributed by atoms with E-state index in [0.717, 1.165) is 35.4 Å². The number of halogens is 1. The summed E-state index contributed by atoms with van der Waals surface area (Å²) in [4.78, 5) is 11.3. The summed E-state index contributed by atoms with van der Waals surface area (Å²) in [5, 5.41) is 4.03. The zero-order valence-corrected chi connectivity index (χ0v) is 13.6. The second-order valence-corrected chi connectivity index (χ2v) is 6.35. The van der Waals surface area contributed by atoms with Gasteiger partial charge in [0.15, 0.2) is 0 Å². The van der Waals surface area contributed by atoms with Crippen LogP contribution >= 0.6 is 11.6 Å². The van der Waals surface area contributed by atoms with Crippen LogP contribution < -0.4 is 10.2 Å². The maximum Gasteiger partial charge on any atom is 0.224 e. The summed E-state index contributed by atoms with van der Waals surface area (Å²) in [7, 11) is 0. The first-order valence-corrected chi connectivity index (χ1v) is 8.15. The number of nitrogens with one attached hydrogen (secondary N) is 1. The van der Waals surface area contributed by atoms with Crippen molar-refractivity contribution in [2.75, 3.05) is 23.3 Å². The molecule has 0 bridgehead atoms. The summed E-state index contributed by atoms with van der Waals surface area (Å²) in [5.41, 5.74) is 1.16. The van der Waals surface area contributed by atoms with E-state index in [1.54, 1.807) is 0 Å². The quantitative estimate of drug-likeness (QED) is 0.926. The Hall–Kier alpha value is -1.81. The van der Waals surface area contributed by atoms with E-state index in [1.807, 2.05) is 36.5 Å². The number of nitrogens with zero attached hydrogens (tertiary/aromatic N) is 3. The average molecular weight is 317 g/mol. The fourth-order valence-corrected chi connectivity index (χ4v) is 2.92. The minimum atomic E-state index is 0.672. The van der Waals surface area contributed by atoms with Gasteiger partial charge in [0.2, 0.25) is 5.95 Å². The maximum atomic E-state index is 5.90. The molecule has 2 heterocycles. The molecule has 22 heavy (non-hydrogen) atoms. The van der Waals surface area contributed by atoms with E-state index in [-0.39, 0.29) is 0 Å². The first-order chi connectivity index (χ1) is 10.7. The highest BCUT2D eigenvalue weighted by molar-refractivity contribution is 6.30. The van der Waals surface area contributed by atoms with Crippen molar-refractivity contribution in [1.29, 1.82) is 0 Å². The molecule has 1 aliphatic heterocycles. The molecule has 4 nitrogen and oxygen atoms in total. The third-order valence-corrected chi connectivity index (χ3v) is 4.24. The maximum absolute atomic E-state index is 5.90. The molecule has 1 N–H and O–H groups in total. The minimum absolute atomic E-state index is 0.672. The lowest BCUT2D eigenvalue weighted by Gasteiger charge is -2.31. The minimum Gasteiger partial charge on any atom is -0.356 e. The van der Waals surface area contributed by atoms with Crippen molar-refractivity contribution in [2.24, 2.45) is 5.92 Å². The summed E-state index contributed by atoms with van der Waals surface area (Å²) in [6.45, 7) is 5.15. The van der Waals surface area contributed by atoms with Gasteiger partial charge in [0.25, 0.3) is 0 Å². The molecule has 1 atom stereocenters. The van der Waals surface area contributed by atoms with Gasteiger partial charge in [0.05, 0.1) is 0 Å². The molecule has 0 spiro atoms.